The molecule has 0 bridgehead atoms. The van der Waals surface area contributed by atoms with E-state index in [-0.39, 0.29) is 17.7 Å². The molecule has 1 atom stereocenters. The van der Waals surface area contributed by atoms with Crippen LogP contribution in [0, 0.1) is 11.6 Å². The first-order valence-electron chi connectivity index (χ1n) is 7.68. The molecule has 1 unspecified atom stereocenters. The Bertz CT molecular complexity index is 674. The third-order valence-corrected chi connectivity index (χ3v) is 3.34. The van der Waals surface area contributed by atoms with Gasteiger partial charge < -0.3 is 15.4 Å². The van der Waals surface area contributed by atoms with Gasteiger partial charge in [-0.2, -0.15) is 0 Å². The van der Waals surface area contributed by atoms with E-state index in [9.17, 15) is 8.78 Å². The molecule has 2 aromatic rings. The third-order valence-electron chi connectivity index (χ3n) is 3.34. The van der Waals surface area contributed by atoms with Crippen LogP contribution in [0.2, 0.25) is 0 Å². The lowest BCUT2D eigenvalue weighted by Crippen LogP contribution is -2.41. The van der Waals surface area contributed by atoms with E-state index in [4.69, 9.17) is 4.74 Å². The van der Waals surface area contributed by atoms with E-state index >= 15 is 0 Å². The standard InChI is InChI=1S/C18H21F2N3O/c1-13(24-16-9-7-15(19)8-10-16)11-22-18(21-2)23-12-14-5-3-4-6-17(14)20/h3-10,13H,11-12H2,1-2H3,(H2,21,22,23). The van der Waals surface area contributed by atoms with Crippen LogP contribution in [0.3, 0.4) is 0 Å². The minimum atomic E-state index is -0.300. The second-order valence-corrected chi connectivity index (χ2v) is 5.28. The van der Waals surface area contributed by atoms with Crippen molar-refractivity contribution in [1.29, 1.82) is 0 Å². The first kappa shape index (κ1) is 17.7. The molecule has 2 N–H and O–H groups in total. The monoisotopic (exact) mass is 333 g/mol. The van der Waals surface area contributed by atoms with Crippen LogP contribution in [0.15, 0.2) is 53.5 Å². The maximum atomic E-state index is 13.6. The summed E-state index contributed by atoms with van der Waals surface area (Å²) in [5.41, 5.74) is 0.566. The molecule has 0 heterocycles. The van der Waals surface area contributed by atoms with Crippen LogP contribution in [0.25, 0.3) is 0 Å². The van der Waals surface area contributed by atoms with Gasteiger partial charge in [0.05, 0.1) is 6.54 Å². The number of aliphatic imine (C=N–C) groups is 1. The summed E-state index contributed by atoms with van der Waals surface area (Å²) in [6.45, 7) is 2.72. The number of halogens is 2. The highest BCUT2D eigenvalue weighted by Gasteiger charge is 2.07. The molecule has 2 aromatic carbocycles. The molecule has 0 radical (unpaired) electrons. The Morgan fingerprint density at radius 1 is 1.08 bits per heavy atom. The normalized spacial score (nSPS) is 12.6. The molecule has 0 aromatic heterocycles. The van der Waals surface area contributed by atoms with Crippen molar-refractivity contribution in [3.63, 3.8) is 0 Å². The van der Waals surface area contributed by atoms with Crippen LogP contribution in [-0.4, -0.2) is 25.7 Å². The van der Waals surface area contributed by atoms with Crippen molar-refractivity contribution in [2.45, 2.75) is 19.6 Å². The summed E-state index contributed by atoms with van der Waals surface area (Å²) < 4.78 is 32.1. The van der Waals surface area contributed by atoms with E-state index in [0.29, 0.717) is 30.4 Å². The molecule has 0 aliphatic carbocycles. The number of hydrogen-bond acceptors (Lipinski definition) is 2. The maximum absolute atomic E-state index is 13.6. The minimum absolute atomic E-state index is 0.150. The second-order valence-electron chi connectivity index (χ2n) is 5.28. The lowest BCUT2D eigenvalue weighted by molar-refractivity contribution is 0.223. The van der Waals surface area contributed by atoms with E-state index in [1.165, 1.54) is 18.2 Å². The van der Waals surface area contributed by atoms with Crippen molar-refractivity contribution in [2.75, 3.05) is 13.6 Å². The molecule has 0 amide bonds. The maximum Gasteiger partial charge on any atom is 0.191 e. The fourth-order valence-corrected chi connectivity index (χ4v) is 2.07. The molecule has 0 aliphatic rings. The van der Waals surface area contributed by atoms with Gasteiger partial charge in [0.1, 0.15) is 23.5 Å². The molecule has 6 heteroatoms. The molecule has 0 aliphatic heterocycles. The molecule has 0 saturated carbocycles. The Morgan fingerprint density at radius 3 is 2.46 bits per heavy atom. The van der Waals surface area contributed by atoms with Crippen LogP contribution in [0.4, 0.5) is 8.78 Å². The summed E-state index contributed by atoms with van der Waals surface area (Å²) in [6.07, 6.45) is -0.150. The highest BCUT2D eigenvalue weighted by molar-refractivity contribution is 5.79. The predicted molar refractivity (Wildman–Crippen MR) is 91.1 cm³/mol. The molecule has 128 valence electrons. The van der Waals surface area contributed by atoms with Crippen molar-refractivity contribution in [3.8, 4) is 5.75 Å². The van der Waals surface area contributed by atoms with Gasteiger partial charge in [-0.25, -0.2) is 8.78 Å². The summed E-state index contributed by atoms with van der Waals surface area (Å²) in [5.74, 6) is 0.590. The number of hydrogen-bond donors (Lipinski definition) is 2. The van der Waals surface area contributed by atoms with Gasteiger partial charge in [0.25, 0.3) is 0 Å². The van der Waals surface area contributed by atoms with Gasteiger partial charge in [0.2, 0.25) is 0 Å². The van der Waals surface area contributed by atoms with Crippen LogP contribution in [0.5, 0.6) is 5.75 Å². The highest BCUT2D eigenvalue weighted by Crippen LogP contribution is 2.12. The van der Waals surface area contributed by atoms with Gasteiger partial charge in [-0.3, -0.25) is 4.99 Å². The zero-order chi connectivity index (χ0) is 17.4. The van der Waals surface area contributed by atoms with Gasteiger partial charge in [0, 0.05) is 19.2 Å². The first-order valence-corrected chi connectivity index (χ1v) is 7.68. The molecular weight excluding hydrogens is 312 g/mol. The molecule has 2 rings (SSSR count). The summed E-state index contributed by atoms with van der Waals surface area (Å²) >= 11 is 0. The number of guanidine groups is 1. The van der Waals surface area contributed by atoms with Crippen LogP contribution in [-0.2, 0) is 6.54 Å². The van der Waals surface area contributed by atoms with Crippen LogP contribution >= 0.6 is 0 Å². The number of benzene rings is 2. The Kier molecular flexibility index (Phi) is 6.54. The molecular formula is C18H21F2N3O. The number of nitrogens with zero attached hydrogens (tertiary/aromatic N) is 1. The quantitative estimate of drug-likeness (QED) is 0.631. The molecule has 4 nitrogen and oxygen atoms in total. The van der Waals surface area contributed by atoms with Crippen molar-refractivity contribution >= 4 is 5.96 Å². The van der Waals surface area contributed by atoms with E-state index in [1.54, 1.807) is 37.4 Å². The smallest absolute Gasteiger partial charge is 0.191 e. The number of nitrogens with one attached hydrogen (secondary N) is 2. The predicted octanol–water partition coefficient (Wildman–Crippen LogP) is 3.10. The molecule has 24 heavy (non-hydrogen) atoms. The second kappa shape index (κ2) is 8.86. The average molecular weight is 333 g/mol. The zero-order valence-electron chi connectivity index (χ0n) is 13.7. The third kappa shape index (κ3) is 5.53. The first-order chi connectivity index (χ1) is 11.6. The fourth-order valence-electron chi connectivity index (χ4n) is 2.07. The summed E-state index contributed by atoms with van der Waals surface area (Å²) in [7, 11) is 1.64. The van der Waals surface area contributed by atoms with Crippen molar-refractivity contribution in [2.24, 2.45) is 4.99 Å². The Labute approximate surface area is 140 Å². The van der Waals surface area contributed by atoms with Gasteiger partial charge in [0.15, 0.2) is 5.96 Å². The molecule has 0 spiro atoms. The number of rotatable bonds is 6. The number of ether oxygens (including phenoxy) is 1. The SMILES string of the molecule is CN=C(NCc1ccccc1F)NCC(C)Oc1ccc(F)cc1. The van der Waals surface area contributed by atoms with Gasteiger partial charge in [-0.15, -0.1) is 0 Å². The summed E-state index contributed by atoms with van der Waals surface area (Å²) in [4.78, 5) is 4.09. The van der Waals surface area contributed by atoms with Gasteiger partial charge >= 0.3 is 0 Å². The summed E-state index contributed by atoms with van der Waals surface area (Å²) in [6, 6.07) is 12.4. The summed E-state index contributed by atoms with van der Waals surface area (Å²) in [5, 5.41) is 6.15. The van der Waals surface area contributed by atoms with Crippen LogP contribution in [0.1, 0.15) is 12.5 Å². The van der Waals surface area contributed by atoms with E-state index in [0.717, 1.165) is 0 Å². The van der Waals surface area contributed by atoms with Crippen LogP contribution < -0.4 is 15.4 Å². The van der Waals surface area contributed by atoms with Gasteiger partial charge in [-0.1, -0.05) is 18.2 Å². The van der Waals surface area contributed by atoms with Crippen molar-refractivity contribution < 1.29 is 13.5 Å². The van der Waals surface area contributed by atoms with E-state index in [1.807, 2.05) is 6.92 Å². The Morgan fingerprint density at radius 2 is 1.79 bits per heavy atom. The fraction of sp³-hybridized carbons (Fsp3) is 0.278. The van der Waals surface area contributed by atoms with E-state index < -0.39 is 0 Å². The minimum Gasteiger partial charge on any atom is -0.489 e. The molecule has 0 saturated heterocycles. The molecule has 0 fully saturated rings. The van der Waals surface area contributed by atoms with E-state index in [2.05, 4.69) is 15.6 Å². The lowest BCUT2D eigenvalue weighted by Gasteiger charge is -2.18. The average Bonchev–Trinajstić information content (AvgIpc) is 2.58. The Balaban J connectivity index is 1.78. The van der Waals surface area contributed by atoms with Gasteiger partial charge in [-0.05, 0) is 37.3 Å². The lowest BCUT2D eigenvalue weighted by atomic mass is 10.2. The topological polar surface area (TPSA) is 45.7 Å². The Hall–Kier alpha value is -2.63. The van der Waals surface area contributed by atoms with Crippen molar-refractivity contribution in [1.82, 2.24) is 10.6 Å². The highest BCUT2D eigenvalue weighted by atomic mass is 19.1. The zero-order valence-corrected chi connectivity index (χ0v) is 13.7. The van der Waals surface area contributed by atoms with Crippen molar-refractivity contribution in [3.05, 3.63) is 65.7 Å². The largest absolute Gasteiger partial charge is 0.489 e.